The van der Waals surface area contributed by atoms with Gasteiger partial charge in [-0.2, -0.15) is 4.31 Å². The molecule has 0 radical (unpaired) electrons. The number of sulfonamides is 2. The quantitative estimate of drug-likeness (QED) is 0.660. The van der Waals surface area contributed by atoms with Crippen LogP contribution in [0.5, 0.6) is 0 Å². The van der Waals surface area contributed by atoms with Crippen molar-refractivity contribution in [3.05, 3.63) is 60.8 Å². The Balaban J connectivity index is 1.60. The smallest absolute Gasteiger partial charge is 0.264 e. The first-order valence-corrected chi connectivity index (χ1v) is 11.8. The number of hydrogen-bond acceptors (Lipinski definition) is 6. The van der Waals surface area contributed by atoms with E-state index in [1.54, 1.807) is 24.3 Å². The van der Waals surface area contributed by atoms with Crippen molar-refractivity contribution in [2.45, 2.75) is 9.79 Å². The summed E-state index contributed by atoms with van der Waals surface area (Å²) in [7, 11) is -7.53. The topological polar surface area (TPSA) is 106 Å². The minimum atomic E-state index is -3.90. The summed E-state index contributed by atoms with van der Waals surface area (Å²) >= 11 is 0. The number of nitrogens with one attached hydrogen (secondary N) is 1. The van der Waals surface area contributed by atoms with Crippen LogP contribution in [0.25, 0.3) is 10.9 Å². The summed E-state index contributed by atoms with van der Waals surface area (Å²) in [5.74, 6) is 0. The number of hydrogen-bond donors (Lipinski definition) is 1. The molecule has 0 saturated carbocycles. The zero-order valence-electron chi connectivity index (χ0n) is 15.4. The van der Waals surface area contributed by atoms with Gasteiger partial charge in [-0.1, -0.05) is 18.2 Å². The van der Waals surface area contributed by atoms with Crippen molar-refractivity contribution < 1.29 is 21.6 Å². The van der Waals surface area contributed by atoms with Crippen LogP contribution < -0.4 is 4.72 Å². The van der Waals surface area contributed by atoms with Crippen molar-refractivity contribution in [3.8, 4) is 0 Å². The molecule has 8 nitrogen and oxygen atoms in total. The van der Waals surface area contributed by atoms with Crippen LogP contribution in [0, 0.1) is 0 Å². The molecule has 0 aliphatic carbocycles. The van der Waals surface area contributed by atoms with Crippen molar-refractivity contribution in [1.29, 1.82) is 0 Å². The predicted molar refractivity (Wildman–Crippen MR) is 109 cm³/mol. The largest absolute Gasteiger partial charge is 0.379 e. The van der Waals surface area contributed by atoms with E-state index < -0.39 is 20.0 Å². The van der Waals surface area contributed by atoms with Crippen molar-refractivity contribution in [2.75, 3.05) is 31.0 Å². The highest BCUT2D eigenvalue weighted by molar-refractivity contribution is 7.93. The maximum atomic E-state index is 12.9. The molecule has 1 aromatic heterocycles. The van der Waals surface area contributed by atoms with Gasteiger partial charge >= 0.3 is 0 Å². The average molecular weight is 434 g/mol. The van der Waals surface area contributed by atoms with Crippen LogP contribution in [0.1, 0.15) is 0 Å². The molecule has 152 valence electrons. The van der Waals surface area contributed by atoms with Crippen molar-refractivity contribution in [3.63, 3.8) is 0 Å². The number of fused-ring (bicyclic) bond motifs is 1. The summed E-state index contributed by atoms with van der Waals surface area (Å²) in [6, 6.07) is 14.1. The fourth-order valence-corrected chi connectivity index (χ4v) is 5.78. The molecule has 10 heteroatoms. The molecule has 2 aromatic carbocycles. The molecule has 1 aliphatic heterocycles. The van der Waals surface area contributed by atoms with E-state index in [4.69, 9.17) is 4.74 Å². The average Bonchev–Trinajstić information content (AvgIpc) is 2.74. The first-order valence-electron chi connectivity index (χ1n) is 8.92. The summed E-state index contributed by atoms with van der Waals surface area (Å²) in [6.07, 6.45) is 1.53. The number of ether oxygens (including phenoxy) is 1. The lowest BCUT2D eigenvalue weighted by molar-refractivity contribution is 0.0730. The van der Waals surface area contributed by atoms with Crippen LogP contribution in [-0.4, -0.2) is 52.4 Å². The first-order chi connectivity index (χ1) is 13.9. The molecule has 1 fully saturated rings. The van der Waals surface area contributed by atoms with Crippen LogP contribution in [0.4, 0.5) is 5.69 Å². The standard InChI is InChI=1S/C19H19N3O5S2/c23-28(24,18-5-1-3-15-4-2-10-20-19(15)18)21-16-6-8-17(9-7-16)29(25,26)22-11-13-27-14-12-22/h1-10,21H,11-14H2. The summed E-state index contributed by atoms with van der Waals surface area (Å²) in [4.78, 5) is 4.33. The molecule has 0 bridgehead atoms. The molecule has 1 saturated heterocycles. The number of para-hydroxylation sites is 1. The summed E-state index contributed by atoms with van der Waals surface area (Å²) in [6.45, 7) is 1.31. The maximum Gasteiger partial charge on any atom is 0.264 e. The number of anilines is 1. The molecular weight excluding hydrogens is 414 g/mol. The normalized spacial score (nSPS) is 16.0. The number of benzene rings is 2. The minimum Gasteiger partial charge on any atom is -0.379 e. The van der Waals surface area contributed by atoms with Gasteiger partial charge in [0.25, 0.3) is 10.0 Å². The van der Waals surface area contributed by atoms with Gasteiger partial charge in [-0.3, -0.25) is 9.71 Å². The highest BCUT2D eigenvalue weighted by atomic mass is 32.2. The second-order valence-corrected chi connectivity index (χ2v) is 10.1. The number of nitrogens with zero attached hydrogens (tertiary/aromatic N) is 2. The highest BCUT2D eigenvalue weighted by Crippen LogP contribution is 2.24. The van der Waals surface area contributed by atoms with Crippen molar-refractivity contribution >= 4 is 36.6 Å². The molecule has 2 heterocycles. The van der Waals surface area contributed by atoms with E-state index in [1.165, 1.54) is 40.8 Å². The third-order valence-corrected chi connectivity index (χ3v) is 7.93. The Hall–Kier alpha value is -2.53. The van der Waals surface area contributed by atoms with Crippen LogP contribution in [-0.2, 0) is 24.8 Å². The number of morpholine rings is 1. The van der Waals surface area contributed by atoms with Gasteiger partial charge < -0.3 is 4.74 Å². The van der Waals surface area contributed by atoms with Crippen LogP contribution in [0.15, 0.2) is 70.6 Å². The molecule has 1 aliphatic rings. The van der Waals surface area contributed by atoms with Crippen LogP contribution in [0.2, 0.25) is 0 Å². The third kappa shape index (κ3) is 3.97. The second kappa shape index (κ2) is 7.71. The Bertz CT molecular complexity index is 1230. The number of pyridine rings is 1. The van der Waals surface area contributed by atoms with Gasteiger partial charge in [0.2, 0.25) is 10.0 Å². The molecule has 0 amide bonds. The van der Waals surface area contributed by atoms with Crippen LogP contribution in [0.3, 0.4) is 0 Å². The van der Waals surface area contributed by atoms with E-state index in [1.807, 2.05) is 0 Å². The zero-order valence-corrected chi connectivity index (χ0v) is 17.0. The zero-order chi connectivity index (χ0) is 20.5. The van der Waals surface area contributed by atoms with Gasteiger partial charge in [0.05, 0.1) is 23.6 Å². The Morgan fingerprint density at radius 2 is 1.59 bits per heavy atom. The van der Waals surface area contributed by atoms with Crippen molar-refractivity contribution in [1.82, 2.24) is 9.29 Å². The Kier molecular flexibility index (Phi) is 5.26. The molecular formula is C19H19N3O5S2. The van der Waals surface area contributed by atoms with Crippen molar-refractivity contribution in [2.24, 2.45) is 0 Å². The number of rotatable bonds is 5. The fourth-order valence-electron chi connectivity index (χ4n) is 3.13. The van der Waals surface area contributed by atoms with Gasteiger partial charge in [0.1, 0.15) is 4.90 Å². The molecule has 1 N–H and O–H groups in total. The summed E-state index contributed by atoms with van der Waals surface area (Å²) in [5.41, 5.74) is 0.632. The molecule has 0 unspecified atom stereocenters. The Labute approximate surface area is 169 Å². The highest BCUT2D eigenvalue weighted by Gasteiger charge is 2.26. The molecule has 29 heavy (non-hydrogen) atoms. The lowest BCUT2D eigenvalue weighted by atomic mass is 10.2. The third-order valence-electron chi connectivity index (χ3n) is 4.60. The van der Waals surface area contributed by atoms with E-state index in [-0.39, 0.29) is 15.5 Å². The monoisotopic (exact) mass is 433 g/mol. The van der Waals surface area contributed by atoms with Gasteiger partial charge in [-0.15, -0.1) is 0 Å². The van der Waals surface area contributed by atoms with E-state index in [9.17, 15) is 16.8 Å². The first kappa shape index (κ1) is 19.8. The molecule has 0 spiro atoms. The Morgan fingerprint density at radius 1 is 0.897 bits per heavy atom. The fraction of sp³-hybridized carbons (Fsp3) is 0.211. The van der Waals surface area contributed by atoms with E-state index in [0.29, 0.717) is 37.2 Å². The van der Waals surface area contributed by atoms with E-state index in [2.05, 4.69) is 9.71 Å². The van der Waals surface area contributed by atoms with Gasteiger partial charge in [0, 0.05) is 30.4 Å². The summed E-state index contributed by atoms with van der Waals surface area (Å²) in [5, 5.41) is 0.710. The number of aromatic nitrogens is 1. The van der Waals surface area contributed by atoms with E-state index in [0.717, 1.165) is 0 Å². The maximum absolute atomic E-state index is 12.9. The molecule has 3 aromatic rings. The minimum absolute atomic E-state index is 0.0561. The predicted octanol–water partition coefficient (Wildman–Crippen LogP) is 2.06. The van der Waals surface area contributed by atoms with E-state index >= 15 is 0 Å². The Morgan fingerprint density at radius 3 is 2.31 bits per heavy atom. The van der Waals surface area contributed by atoms with Crippen LogP contribution >= 0.6 is 0 Å². The summed E-state index contributed by atoms with van der Waals surface area (Å²) < 4.78 is 60.1. The van der Waals surface area contributed by atoms with Gasteiger partial charge in [0.15, 0.2) is 0 Å². The van der Waals surface area contributed by atoms with Gasteiger partial charge in [-0.25, -0.2) is 16.8 Å². The SMILES string of the molecule is O=S(=O)(Nc1ccc(S(=O)(=O)N2CCOCC2)cc1)c1cccc2cccnc12. The van der Waals surface area contributed by atoms with Gasteiger partial charge in [-0.05, 0) is 36.4 Å². The molecule has 0 atom stereocenters. The molecule has 4 rings (SSSR count). The lowest BCUT2D eigenvalue weighted by Crippen LogP contribution is -2.40. The lowest BCUT2D eigenvalue weighted by Gasteiger charge is -2.26. The second-order valence-electron chi connectivity index (χ2n) is 6.48.